The molecule has 0 spiro atoms. The van der Waals surface area contributed by atoms with Gasteiger partial charge in [0.2, 0.25) is 82.7 Å². The number of carbonyl (C=O) groups is 15. The number of rotatable bonds is 19. The zero-order chi connectivity index (χ0) is 80.3. The molecule has 0 aromatic heterocycles. The van der Waals surface area contributed by atoms with Crippen LogP contribution in [0.1, 0.15) is 123 Å². The minimum Gasteiger partial charge on any atom is -0.481 e. The maximum Gasteiger partial charge on any atom is 0.305 e. The number of guanidine groups is 1. The first-order valence-corrected chi connectivity index (χ1v) is 38.0. The van der Waals surface area contributed by atoms with Crippen LogP contribution in [0.15, 0.2) is 59.6 Å². The molecular weight excluding hydrogens is 1460 g/mol. The molecule has 2 aromatic rings. The Hall–Kier alpha value is -9.66. The highest BCUT2D eigenvalue weighted by Gasteiger charge is 2.47. The summed E-state index contributed by atoms with van der Waals surface area (Å²) >= 11 is 8.67. The van der Waals surface area contributed by atoms with Gasteiger partial charge in [0, 0.05) is 44.0 Å². The van der Waals surface area contributed by atoms with Gasteiger partial charge in [0.05, 0.1) is 31.4 Å². The summed E-state index contributed by atoms with van der Waals surface area (Å²) in [6, 6.07) is -4.96. The molecule has 600 valence electrons. The lowest BCUT2D eigenvalue weighted by atomic mass is 9.96. The number of aliphatic carboxylic acids is 1. The van der Waals surface area contributed by atoms with Gasteiger partial charge in [-0.25, -0.2) is 4.99 Å². The van der Waals surface area contributed by atoms with Crippen molar-refractivity contribution >= 4 is 126 Å². The Labute approximate surface area is 642 Å². The summed E-state index contributed by atoms with van der Waals surface area (Å²) in [5.41, 5.74) is 18.1. The Kier molecular flexibility index (Phi) is 34.7. The fraction of sp³-hybridized carbons (Fsp3) is 0.606. The van der Waals surface area contributed by atoms with Gasteiger partial charge in [0.1, 0.15) is 78.5 Å². The third-order valence-electron chi connectivity index (χ3n) is 19.8. The second-order valence-corrected chi connectivity index (χ2v) is 28.5. The summed E-state index contributed by atoms with van der Waals surface area (Å²) in [6.45, 7) is 6.31. The number of fused-ring (bicyclic) bond motifs is 3. The van der Waals surface area contributed by atoms with E-state index < -0.39 is 210 Å². The SMILES string of the molecule is CC[C@H](C)[C@@H]1NC(=O)[C@@H]2CCCN2C(=O)[C@@H]2CCCN2C(=O)[C@H]([C@@H](C)CC)NC(=O)[C@H](CO)NC(=O)[C@H](CCCCN)NC(=O)[C@H]([C@@H](C)O)NC(=O)[C@H](CS)NC(=O)[C@H](Cc2ccc(N=C(N)N)cc2)NC(=O)CNC(=O)[C@H](CC(=O)O)NC(=O)[C@@H]2CCCN2C(=O)[C@H](Cc2ccccc2)NC(=O)[C@H](CS)NC1=O. The number of carboxylic acid groups (broad SMARTS) is 1. The van der Waals surface area contributed by atoms with E-state index in [0.29, 0.717) is 48.9 Å². The number of thiol groups is 2. The lowest BCUT2D eigenvalue weighted by molar-refractivity contribution is -0.149. The van der Waals surface area contributed by atoms with Crippen LogP contribution >= 0.6 is 25.3 Å². The number of carboxylic acids is 1. The van der Waals surface area contributed by atoms with E-state index in [0.717, 1.165) is 6.92 Å². The number of aliphatic imine (C=N–C) groups is 1. The molecule has 0 aliphatic carbocycles. The lowest BCUT2D eigenvalue weighted by Gasteiger charge is -2.35. The monoisotopic (exact) mass is 1560 g/mol. The van der Waals surface area contributed by atoms with Crippen LogP contribution in [0.5, 0.6) is 0 Å². The average Bonchev–Trinajstić information content (AvgIpc) is 1.72. The number of hydrogen-bond donors (Lipinski definition) is 19. The van der Waals surface area contributed by atoms with Crippen LogP contribution in [0.2, 0.25) is 0 Å². The minimum absolute atomic E-state index is 0.00676. The molecule has 4 saturated heterocycles. The maximum atomic E-state index is 14.9. The first-order chi connectivity index (χ1) is 51.9. The first-order valence-electron chi connectivity index (χ1n) is 36.8. The molecule has 4 heterocycles. The van der Waals surface area contributed by atoms with Gasteiger partial charge in [-0.15, -0.1) is 0 Å². The number of aliphatic hydroxyl groups is 2. The third kappa shape index (κ3) is 25.2. The van der Waals surface area contributed by atoms with Gasteiger partial charge in [-0.2, -0.15) is 25.3 Å². The Balaban J connectivity index is 1.36. The molecule has 0 saturated carbocycles. The summed E-state index contributed by atoms with van der Waals surface area (Å²) in [4.78, 5) is 222. The molecule has 36 nitrogen and oxygen atoms in total. The summed E-state index contributed by atoms with van der Waals surface area (Å²) < 4.78 is 0. The quantitative estimate of drug-likeness (QED) is 0.0272. The van der Waals surface area contributed by atoms with E-state index in [9.17, 15) is 87.2 Å². The fourth-order valence-corrected chi connectivity index (χ4v) is 13.7. The second-order valence-electron chi connectivity index (χ2n) is 27.8. The lowest BCUT2D eigenvalue weighted by Crippen LogP contribution is -2.63. The van der Waals surface area contributed by atoms with Crippen molar-refractivity contribution < 1.29 is 87.2 Å². The smallest absolute Gasteiger partial charge is 0.305 e. The number of nitrogens with one attached hydrogen (secondary N) is 11. The Morgan fingerprint density at radius 1 is 0.505 bits per heavy atom. The molecule has 4 aliphatic heterocycles. The zero-order valence-corrected chi connectivity index (χ0v) is 63.7. The molecule has 0 radical (unpaired) electrons. The van der Waals surface area contributed by atoms with Gasteiger partial charge in [-0.05, 0) is 106 Å². The topological polar surface area (TPSA) is 549 Å². The van der Waals surface area contributed by atoms with Gasteiger partial charge in [-0.3, -0.25) is 71.9 Å². The number of aliphatic hydroxyl groups excluding tert-OH is 2. The van der Waals surface area contributed by atoms with Gasteiger partial charge in [0.15, 0.2) is 5.96 Å². The fourth-order valence-electron chi connectivity index (χ4n) is 13.2. The van der Waals surface area contributed by atoms with Crippen molar-refractivity contribution in [3.63, 3.8) is 0 Å². The second kappa shape index (κ2) is 42.9. The Morgan fingerprint density at radius 2 is 0.954 bits per heavy atom. The van der Waals surface area contributed by atoms with Crippen LogP contribution < -0.4 is 75.7 Å². The highest BCUT2D eigenvalue weighted by molar-refractivity contribution is 7.80. The van der Waals surface area contributed by atoms with E-state index in [-0.39, 0.29) is 89.3 Å². The number of nitrogens with zero attached hydrogens (tertiary/aromatic N) is 4. The standard InChI is InChI=1S/C71H106N18O18S2/c1-6-37(3)55-66(103)83-48(35-108)62(99)80-46(31-40-16-9-8-10-17-40)68(105)87-27-13-19-50(87)64(101)79-45(32-54(93)94)58(95)75-33-53(92)77-44(30-41-22-24-42(25-23-41)76-71(73)74)60(97)82-49(36-109)63(100)86-57(39(5)91)67(104)78-43(18-11-12-26-72)59(96)81-47(34-90)61(98)85-56(38(4)7-2)70(107)89-29-15-21-52(89)69(106)88-28-14-20-51(88)65(102)84-55/h8-10,16-17,22-25,37-39,43-52,55-57,90-91,108-109H,6-7,11-15,18-21,26-36,72H2,1-5H3,(H,75,95)(H,77,92)(H,78,104)(H,79,101)(H,80,99)(H,81,96)(H,82,97)(H,83,103)(H,84,102)(H,85,98)(H,86,100)(H,93,94)(H4,73,74,76)/t37-,38-,39+,43-,44-,45-,46-,47-,48-,49-,50-,51-,52-,55-,56-,57-/m0/s1. The molecule has 16 atom stereocenters. The molecule has 6 rings (SSSR count). The van der Waals surface area contributed by atoms with Crippen molar-refractivity contribution in [3.05, 3.63) is 65.7 Å². The van der Waals surface area contributed by atoms with Gasteiger partial charge in [0.25, 0.3) is 0 Å². The third-order valence-corrected chi connectivity index (χ3v) is 20.5. The van der Waals surface area contributed by atoms with Crippen LogP contribution in [0.25, 0.3) is 0 Å². The zero-order valence-electron chi connectivity index (χ0n) is 61.9. The highest BCUT2D eigenvalue weighted by Crippen LogP contribution is 2.28. The maximum absolute atomic E-state index is 14.9. The van der Waals surface area contributed by atoms with E-state index in [1.807, 2.05) is 0 Å². The Bertz CT molecular complexity index is 3600. The van der Waals surface area contributed by atoms with E-state index in [2.05, 4.69) is 88.7 Å². The molecular formula is C71H106N18O18S2. The molecule has 4 fully saturated rings. The van der Waals surface area contributed by atoms with E-state index in [1.165, 1.54) is 39.0 Å². The number of unbranched alkanes of at least 4 members (excludes halogenated alkanes) is 1. The molecule has 0 unspecified atom stereocenters. The molecule has 38 heteroatoms. The van der Waals surface area contributed by atoms with Crippen molar-refractivity contribution in [3.8, 4) is 0 Å². The Morgan fingerprint density at radius 3 is 1.51 bits per heavy atom. The number of benzene rings is 2. The summed E-state index contributed by atoms with van der Waals surface area (Å²) in [5, 5.41) is 59.5. The molecule has 4 aliphatic rings. The summed E-state index contributed by atoms with van der Waals surface area (Å²) in [7, 11) is 0. The molecule has 0 bridgehead atoms. The van der Waals surface area contributed by atoms with Crippen LogP contribution in [0.4, 0.5) is 5.69 Å². The van der Waals surface area contributed by atoms with Crippen molar-refractivity contribution in [2.75, 3.05) is 50.8 Å². The average molecular weight is 1560 g/mol. The van der Waals surface area contributed by atoms with Crippen LogP contribution in [0, 0.1) is 11.8 Å². The van der Waals surface area contributed by atoms with Crippen molar-refractivity contribution in [1.82, 2.24) is 73.2 Å². The molecule has 109 heavy (non-hydrogen) atoms. The predicted molar refractivity (Wildman–Crippen MR) is 403 cm³/mol. The summed E-state index contributed by atoms with van der Waals surface area (Å²) in [6.07, 6.45) is -0.896. The molecule has 2 aromatic carbocycles. The summed E-state index contributed by atoms with van der Waals surface area (Å²) in [5.74, 6) is -16.8. The van der Waals surface area contributed by atoms with Crippen LogP contribution in [0.3, 0.4) is 0 Å². The van der Waals surface area contributed by atoms with E-state index >= 15 is 0 Å². The minimum atomic E-state index is -1.88. The van der Waals surface area contributed by atoms with Crippen LogP contribution in [-0.2, 0) is 84.8 Å². The number of nitrogens with two attached hydrogens (primary N) is 3. The van der Waals surface area contributed by atoms with E-state index in [4.69, 9.17) is 17.2 Å². The normalized spacial score (nSPS) is 27.3. The predicted octanol–water partition coefficient (Wildman–Crippen LogP) is -4.74. The number of carbonyl (C=O) groups excluding carboxylic acids is 14. The van der Waals surface area contributed by atoms with Gasteiger partial charge < -0.3 is 106 Å². The van der Waals surface area contributed by atoms with Gasteiger partial charge in [-0.1, -0.05) is 83.0 Å². The number of hydrogen-bond acceptors (Lipinski definition) is 21. The van der Waals surface area contributed by atoms with E-state index in [1.54, 1.807) is 58.0 Å². The van der Waals surface area contributed by atoms with Crippen molar-refractivity contribution in [2.45, 2.75) is 209 Å². The van der Waals surface area contributed by atoms with Crippen molar-refractivity contribution in [2.24, 2.45) is 34.0 Å². The highest BCUT2D eigenvalue weighted by atomic mass is 32.1. The number of amides is 14. The first kappa shape index (κ1) is 88.2. The van der Waals surface area contributed by atoms with Crippen LogP contribution in [-0.4, -0.2) is 260 Å². The largest absolute Gasteiger partial charge is 0.481 e. The van der Waals surface area contributed by atoms with Gasteiger partial charge >= 0.3 is 5.97 Å². The molecule has 14 amide bonds. The molecule has 20 N–H and O–H groups in total. The van der Waals surface area contributed by atoms with Crippen molar-refractivity contribution in [1.29, 1.82) is 0 Å².